The van der Waals surface area contributed by atoms with Gasteiger partial charge < -0.3 is 10.0 Å². The second-order valence-electron chi connectivity index (χ2n) is 6.10. The van der Waals surface area contributed by atoms with E-state index in [1.54, 1.807) is 0 Å². The van der Waals surface area contributed by atoms with Crippen LogP contribution in [-0.4, -0.2) is 18.2 Å². The normalized spacial score (nSPS) is 12.1. The lowest BCUT2D eigenvalue weighted by molar-refractivity contribution is 0.220. The minimum atomic E-state index is -0.551. The van der Waals surface area contributed by atoms with E-state index in [1.807, 2.05) is 30.3 Å². The molecule has 0 aliphatic heterocycles. The van der Waals surface area contributed by atoms with Crippen LogP contribution < -0.4 is 4.90 Å². The van der Waals surface area contributed by atoms with Crippen molar-refractivity contribution in [1.29, 1.82) is 0 Å². The highest BCUT2D eigenvalue weighted by Crippen LogP contribution is 2.24. The molecule has 23 heavy (non-hydrogen) atoms. The van der Waals surface area contributed by atoms with Crippen LogP contribution >= 0.6 is 0 Å². The monoisotopic (exact) mass is 311 g/mol. The van der Waals surface area contributed by atoms with E-state index in [2.05, 4.69) is 43.0 Å². The zero-order valence-corrected chi connectivity index (χ0v) is 14.4. The molecule has 2 aromatic carbocycles. The van der Waals surface area contributed by atoms with Crippen LogP contribution in [0.25, 0.3) is 0 Å². The Balaban J connectivity index is 2.09. The summed E-state index contributed by atoms with van der Waals surface area (Å²) in [6.07, 6.45) is 4.32. The Morgan fingerprint density at radius 3 is 1.83 bits per heavy atom. The summed E-state index contributed by atoms with van der Waals surface area (Å²) in [4.78, 5) is 2.46. The van der Waals surface area contributed by atoms with Crippen LogP contribution in [-0.2, 0) is 0 Å². The molecule has 0 aromatic heterocycles. The van der Waals surface area contributed by atoms with Crippen molar-refractivity contribution in [3.8, 4) is 0 Å². The fourth-order valence-corrected chi connectivity index (χ4v) is 2.76. The van der Waals surface area contributed by atoms with Crippen LogP contribution in [0.4, 0.5) is 5.69 Å². The molecule has 2 nitrogen and oxygen atoms in total. The number of hydrogen-bond donors (Lipinski definition) is 1. The first-order valence-corrected chi connectivity index (χ1v) is 8.84. The number of aliphatic hydroxyl groups excluding tert-OH is 1. The van der Waals surface area contributed by atoms with Crippen molar-refractivity contribution in [3.05, 3.63) is 65.7 Å². The molecule has 2 aromatic rings. The van der Waals surface area contributed by atoms with Crippen molar-refractivity contribution in [3.63, 3.8) is 0 Å². The van der Waals surface area contributed by atoms with Gasteiger partial charge in [-0.05, 0) is 36.1 Å². The Morgan fingerprint density at radius 2 is 1.30 bits per heavy atom. The molecule has 1 N–H and O–H groups in total. The number of benzene rings is 2. The van der Waals surface area contributed by atoms with Crippen molar-refractivity contribution in [2.24, 2.45) is 0 Å². The maximum absolute atomic E-state index is 10.5. The first-order valence-electron chi connectivity index (χ1n) is 8.84. The van der Waals surface area contributed by atoms with Crippen LogP contribution in [0.1, 0.15) is 56.8 Å². The second kappa shape index (κ2) is 9.36. The Kier molecular flexibility index (Phi) is 7.15. The van der Waals surface area contributed by atoms with Gasteiger partial charge in [-0.25, -0.2) is 0 Å². The first-order chi connectivity index (χ1) is 11.3. The average Bonchev–Trinajstić information content (AvgIpc) is 2.62. The van der Waals surface area contributed by atoms with E-state index in [0.29, 0.717) is 0 Å². The Bertz CT molecular complexity index is 542. The van der Waals surface area contributed by atoms with Crippen LogP contribution in [0.5, 0.6) is 0 Å². The van der Waals surface area contributed by atoms with Crippen molar-refractivity contribution in [2.75, 3.05) is 18.0 Å². The SMILES string of the molecule is CCCCN(CCCC)c1ccc(C(O)c2ccccc2)cc1. The summed E-state index contributed by atoms with van der Waals surface area (Å²) in [6, 6.07) is 18.2. The average molecular weight is 311 g/mol. The molecule has 0 saturated carbocycles. The summed E-state index contributed by atoms with van der Waals surface area (Å²) in [5.41, 5.74) is 3.15. The Labute approximate surface area is 140 Å². The number of anilines is 1. The fourth-order valence-electron chi connectivity index (χ4n) is 2.76. The van der Waals surface area contributed by atoms with E-state index in [4.69, 9.17) is 0 Å². The summed E-state index contributed by atoms with van der Waals surface area (Å²) in [6.45, 7) is 6.68. The Morgan fingerprint density at radius 1 is 0.783 bits per heavy atom. The molecule has 0 amide bonds. The summed E-state index contributed by atoms with van der Waals surface area (Å²) >= 11 is 0. The van der Waals surface area contributed by atoms with E-state index < -0.39 is 6.10 Å². The molecule has 0 saturated heterocycles. The minimum Gasteiger partial charge on any atom is -0.384 e. The lowest BCUT2D eigenvalue weighted by Crippen LogP contribution is -2.25. The topological polar surface area (TPSA) is 23.5 Å². The maximum Gasteiger partial charge on any atom is 0.104 e. The van der Waals surface area contributed by atoms with Gasteiger partial charge in [-0.3, -0.25) is 0 Å². The molecule has 0 radical (unpaired) electrons. The maximum atomic E-state index is 10.5. The lowest BCUT2D eigenvalue weighted by Gasteiger charge is -2.25. The molecule has 2 heteroatoms. The van der Waals surface area contributed by atoms with Gasteiger partial charge >= 0.3 is 0 Å². The van der Waals surface area contributed by atoms with Gasteiger partial charge in [-0.1, -0.05) is 69.2 Å². The molecular formula is C21H29NO. The highest BCUT2D eigenvalue weighted by atomic mass is 16.3. The highest BCUT2D eigenvalue weighted by molar-refractivity contribution is 5.48. The van der Waals surface area contributed by atoms with E-state index in [-0.39, 0.29) is 0 Å². The van der Waals surface area contributed by atoms with Gasteiger partial charge in [0.15, 0.2) is 0 Å². The van der Waals surface area contributed by atoms with Gasteiger partial charge in [-0.15, -0.1) is 0 Å². The predicted octanol–water partition coefficient (Wildman–Crippen LogP) is 5.17. The third-order valence-electron chi connectivity index (χ3n) is 4.25. The molecule has 124 valence electrons. The fraction of sp³-hybridized carbons (Fsp3) is 0.429. The summed E-state index contributed by atoms with van der Waals surface area (Å²) in [5, 5.41) is 10.5. The molecule has 2 rings (SSSR count). The molecule has 0 aliphatic carbocycles. The summed E-state index contributed by atoms with van der Waals surface area (Å²) in [5.74, 6) is 0. The zero-order chi connectivity index (χ0) is 16.5. The van der Waals surface area contributed by atoms with Crippen molar-refractivity contribution in [1.82, 2.24) is 0 Å². The highest BCUT2D eigenvalue weighted by Gasteiger charge is 2.11. The smallest absolute Gasteiger partial charge is 0.104 e. The molecule has 0 aliphatic rings. The second-order valence-corrected chi connectivity index (χ2v) is 6.10. The van der Waals surface area contributed by atoms with Gasteiger partial charge in [0.1, 0.15) is 6.10 Å². The number of nitrogens with zero attached hydrogens (tertiary/aromatic N) is 1. The van der Waals surface area contributed by atoms with E-state index in [1.165, 1.54) is 31.4 Å². The number of hydrogen-bond acceptors (Lipinski definition) is 2. The minimum absolute atomic E-state index is 0.551. The standard InChI is InChI=1S/C21H29NO/c1-3-5-16-22(17-6-4-2)20-14-12-19(13-15-20)21(23)18-10-8-7-9-11-18/h7-15,21,23H,3-6,16-17H2,1-2H3. The van der Waals surface area contributed by atoms with Crippen LogP contribution in [0.2, 0.25) is 0 Å². The molecule has 0 bridgehead atoms. The van der Waals surface area contributed by atoms with E-state index in [0.717, 1.165) is 24.2 Å². The van der Waals surface area contributed by atoms with Crippen LogP contribution in [0, 0.1) is 0 Å². The Hall–Kier alpha value is -1.80. The quantitative estimate of drug-likeness (QED) is 0.690. The molecule has 1 unspecified atom stereocenters. The third kappa shape index (κ3) is 5.11. The third-order valence-corrected chi connectivity index (χ3v) is 4.25. The number of rotatable bonds is 9. The molecule has 0 spiro atoms. The van der Waals surface area contributed by atoms with E-state index >= 15 is 0 Å². The van der Waals surface area contributed by atoms with Crippen molar-refractivity contribution in [2.45, 2.75) is 45.6 Å². The molecular weight excluding hydrogens is 282 g/mol. The largest absolute Gasteiger partial charge is 0.384 e. The lowest BCUT2D eigenvalue weighted by atomic mass is 10.0. The van der Waals surface area contributed by atoms with Crippen molar-refractivity contribution >= 4 is 5.69 Å². The van der Waals surface area contributed by atoms with Gasteiger partial charge in [0.25, 0.3) is 0 Å². The van der Waals surface area contributed by atoms with Crippen molar-refractivity contribution < 1.29 is 5.11 Å². The van der Waals surface area contributed by atoms with Gasteiger partial charge in [0, 0.05) is 18.8 Å². The number of unbranched alkanes of at least 4 members (excludes halogenated alkanes) is 2. The summed E-state index contributed by atoms with van der Waals surface area (Å²) in [7, 11) is 0. The number of aliphatic hydroxyl groups is 1. The van der Waals surface area contributed by atoms with Crippen LogP contribution in [0.15, 0.2) is 54.6 Å². The first kappa shape index (κ1) is 17.6. The van der Waals surface area contributed by atoms with Gasteiger partial charge in [0.2, 0.25) is 0 Å². The van der Waals surface area contributed by atoms with E-state index in [9.17, 15) is 5.11 Å². The predicted molar refractivity (Wildman–Crippen MR) is 99.0 cm³/mol. The molecule has 0 heterocycles. The molecule has 0 fully saturated rings. The summed E-state index contributed by atoms with van der Waals surface area (Å²) < 4.78 is 0. The molecule has 1 atom stereocenters. The van der Waals surface area contributed by atoms with Gasteiger partial charge in [0.05, 0.1) is 0 Å². The zero-order valence-electron chi connectivity index (χ0n) is 14.4. The van der Waals surface area contributed by atoms with Gasteiger partial charge in [-0.2, -0.15) is 0 Å². The van der Waals surface area contributed by atoms with Crippen LogP contribution in [0.3, 0.4) is 0 Å².